The van der Waals surface area contributed by atoms with E-state index in [0.29, 0.717) is 11.2 Å². The van der Waals surface area contributed by atoms with E-state index in [4.69, 9.17) is 4.74 Å². The molecule has 1 atom stereocenters. The Hall–Kier alpha value is -1.31. The Labute approximate surface area is 149 Å². The molecule has 0 heterocycles. The second-order valence-corrected chi connectivity index (χ2v) is 9.18. The van der Waals surface area contributed by atoms with Gasteiger partial charge in [0.05, 0.1) is 7.11 Å². The zero-order valence-corrected chi connectivity index (χ0v) is 17.4. The smallest absolute Gasteiger partial charge is 0.223 e. The van der Waals surface area contributed by atoms with Gasteiger partial charge in [0.2, 0.25) is 5.78 Å². The molecule has 1 aliphatic rings. The molecule has 0 radical (unpaired) electrons. The minimum Gasteiger partial charge on any atom is -0.493 e. The molecule has 2 heteroatoms. The summed E-state index contributed by atoms with van der Waals surface area (Å²) < 4.78 is 5.35. The molecule has 1 aliphatic carbocycles. The Morgan fingerprint density at radius 2 is 1.71 bits per heavy atom. The van der Waals surface area contributed by atoms with E-state index < -0.39 is 0 Å². The van der Waals surface area contributed by atoms with Crippen LogP contribution in [0.4, 0.5) is 0 Å². The number of ether oxygens (including phenoxy) is 1. The Balaban J connectivity index is 3.12. The minimum atomic E-state index is -0.0428. The van der Waals surface area contributed by atoms with E-state index >= 15 is 0 Å². The van der Waals surface area contributed by atoms with Crippen molar-refractivity contribution in [2.45, 2.75) is 75.2 Å². The van der Waals surface area contributed by atoms with Crippen LogP contribution in [0, 0.1) is 16.7 Å². The molecule has 0 spiro atoms. The molecular formula is C22H36O2. The highest BCUT2D eigenvalue weighted by Gasteiger charge is 2.37. The molecule has 0 saturated heterocycles. The maximum absolute atomic E-state index is 12.6. The lowest BCUT2D eigenvalue weighted by Crippen LogP contribution is -2.29. The van der Waals surface area contributed by atoms with Crippen LogP contribution >= 0.6 is 0 Å². The van der Waals surface area contributed by atoms with Gasteiger partial charge in [-0.2, -0.15) is 0 Å². The van der Waals surface area contributed by atoms with E-state index in [1.807, 2.05) is 13.8 Å². The lowest BCUT2D eigenvalue weighted by molar-refractivity contribution is -0.115. The second kappa shape index (κ2) is 7.29. The summed E-state index contributed by atoms with van der Waals surface area (Å²) in [6.07, 6.45) is 4.41. The Morgan fingerprint density at radius 1 is 1.17 bits per heavy atom. The normalized spacial score (nSPS) is 20.8. The third-order valence-electron chi connectivity index (χ3n) is 5.09. The summed E-state index contributed by atoms with van der Waals surface area (Å²) in [6, 6.07) is 0. The van der Waals surface area contributed by atoms with E-state index in [1.165, 1.54) is 11.1 Å². The lowest BCUT2D eigenvalue weighted by atomic mass is 9.68. The molecule has 0 aliphatic heterocycles. The SMILES string of the molecule is COC1=C(C)C(C)C(C(C)(C)C/C=C(\C)CC(C)(C)C)=C(C)C1=O. The van der Waals surface area contributed by atoms with Gasteiger partial charge in [-0.3, -0.25) is 4.79 Å². The van der Waals surface area contributed by atoms with E-state index in [9.17, 15) is 4.79 Å². The standard InChI is InChI=1S/C22H36O2/c1-14(13-21(5,6)7)11-12-22(8,9)18-15(2)16(3)20(24-10)19(23)17(18)4/h11,15H,12-13H2,1-10H3/b14-11+. The molecule has 24 heavy (non-hydrogen) atoms. The van der Waals surface area contributed by atoms with Gasteiger partial charge in [-0.1, -0.05) is 58.8 Å². The van der Waals surface area contributed by atoms with Crippen LogP contribution in [0.25, 0.3) is 0 Å². The molecule has 0 aromatic heterocycles. The minimum absolute atomic E-state index is 0.0428. The van der Waals surface area contributed by atoms with Crippen LogP contribution in [-0.4, -0.2) is 12.9 Å². The van der Waals surface area contributed by atoms with Crippen LogP contribution in [0.15, 0.2) is 34.1 Å². The van der Waals surface area contributed by atoms with Crippen LogP contribution in [0.3, 0.4) is 0 Å². The van der Waals surface area contributed by atoms with Crippen LogP contribution in [0.5, 0.6) is 0 Å². The topological polar surface area (TPSA) is 26.3 Å². The predicted molar refractivity (Wildman–Crippen MR) is 103 cm³/mol. The molecule has 0 aromatic rings. The number of carbonyl (C=O) groups excluding carboxylic acids is 1. The molecule has 0 bridgehead atoms. The van der Waals surface area contributed by atoms with Crippen molar-refractivity contribution in [3.63, 3.8) is 0 Å². The number of hydrogen-bond acceptors (Lipinski definition) is 2. The lowest BCUT2D eigenvalue weighted by Gasteiger charge is -2.37. The quantitative estimate of drug-likeness (QED) is 0.557. The van der Waals surface area contributed by atoms with E-state index in [1.54, 1.807) is 7.11 Å². The highest BCUT2D eigenvalue weighted by Crippen LogP contribution is 2.44. The largest absolute Gasteiger partial charge is 0.493 e. The zero-order chi connectivity index (χ0) is 18.9. The van der Waals surface area contributed by atoms with Crippen molar-refractivity contribution < 1.29 is 9.53 Å². The van der Waals surface area contributed by atoms with Crippen molar-refractivity contribution in [1.29, 1.82) is 0 Å². The van der Waals surface area contributed by atoms with Crippen molar-refractivity contribution >= 4 is 5.78 Å². The molecule has 2 nitrogen and oxygen atoms in total. The molecular weight excluding hydrogens is 296 g/mol. The van der Waals surface area contributed by atoms with Crippen LogP contribution < -0.4 is 0 Å². The monoisotopic (exact) mass is 332 g/mol. The summed E-state index contributed by atoms with van der Waals surface area (Å²) in [5.74, 6) is 0.814. The average molecular weight is 333 g/mol. The first-order valence-electron chi connectivity index (χ1n) is 8.98. The molecule has 0 N–H and O–H groups in total. The summed E-state index contributed by atoms with van der Waals surface area (Å²) in [7, 11) is 1.59. The first kappa shape index (κ1) is 20.7. The van der Waals surface area contributed by atoms with Gasteiger partial charge < -0.3 is 4.74 Å². The third-order valence-corrected chi connectivity index (χ3v) is 5.09. The number of carbonyl (C=O) groups is 1. The maximum Gasteiger partial charge on any atom is 0.223 e. The summed E-state index contributed by atoms with van der Waals surface area (Å²) >= 11 is 0. The molecule has 0 saturated carbocycles. The number of Topliss-reactive ketones (excluding diaryl/α,β-unsaturated/α-hetero) is 1. The molecule has 0 fully saturated rings. The van der Waals surface area contributed by atoms with Crippen LogP contribution in [0.1, 0.15) is 75.2 Å². The van der Waals surface area contributed by atoms with Gasteiger partial charge in [-0.25, -0.2) is 0 Å². The number of rotatable bonds is 5. The van der Waals surface area contributed by atoms with Crippen molar-refractivity contribution in [2.75, 3.05) is 7.11 Å². The van der Waals surface area contributed by atoms with Gasteiger partial charge in [0.1, 0.15) is 0 Å². The summed E-state index contributed by atoms with van der Waals surface area (Å²) in [6.45, 7) is 19.7. The van der Waals surface area contributed by atoms with Crippen molar-refractivity contribution in [3.8, 4) is 0 Å². The fourth-order valence-electron chi connectivity index (χ4n) is 4.00. The van der Waals surface area contributed by atoms with Crippen molar-refractivity contribution in [2.24, 2.45) is 16.7 Å². The summed E-state index contributed by atoms with van der Waals surface area (Å²) in [5.41, 5.74) is 4.85. The first-order chi connectivity index (χ1) is 10.8. The Morgan fingerprint density at radius 3 is 2.17 bits per heavy atom. The van der Waals surface area contributed by atoms with Crippen LogP contribution in [0.2, 0.25) is 0 Å². The van der Waals surface area contributed by atoms with Gasteiger partial charge >= 0.3 is 0 Å². The Kier molecular flexibility index (Phi) is 6.30. The van der Waals surface area contributed by atoms with Gasteiger partial charge in [-0.05, 0) is 50.0 Å². The van der Waals surface area contributed by atoms with E-state index in [2.05, 4.69) is 54.5 Å². The van der Waals surface area contributed by atoms with Crippen molar-refractivity contribution in [1.82, 2.24) is 0 Å². The highest BCUT2D eigenvalue weighted by atomic mass is 16.5. The van der Waals surface area contributed by atoms with Gasteiger partial charge in [0.25, 0.3) is 0 Å². The van der Waals surface area contributed by atoms with Gasteiger partial charge in [-0.15, -0.1) is 0 Å². The van der Waals surface area contributed by atoms with Gasteiger partial charge in [0, 0.05) is 11.5 Å². The second-order valence-electron chi connectivity index (χ2n) is 9.18. The maximum atomic E-state index is 12.6. The molecule has 0 aromatic carbocycles. The van der Waals surface area contributed by atoms with E-state index in [0.717, 1.165) is 24.0 Å². The molecule has 0 amide bonds. The fourth-order valence-corrected chi connectivity index (χ4v) is 4.00. The fraction of sp³-hybridized carbons (Fsp3) is 0.682. The van der Waals surface area contributed by atoms with E-state index in [-0.39, 0.29) is 17.1 Å². The molecule has 136 valence electrons. The summed E-state index contributed by atoms with van der Waals surface area (Å²) in [5, 5.41) is 0. The number of ketones is 1. The summed E-state index contributed by atoms with van der Waals surface area (Å²) in [4.78, 5) is 12.6. The molecule has 1 rings (SSSR count). The van der Waals surface area contributed by atoms with Gasteiger partial charge in [0.15, 0.2) is 5.76 Å². The predicted octanol–water partition coefficient (Wildman–Crippen LogP) is 6.24. The zero-order valence-electron chi connectivity index (χ0n) is 17.4. The number of methoxy groups -OCH3 is 1. The number of hydrogen-bond donors (Lipinski definition) is 0. The third kappa shape index (κ3) is 4.62. The number of allylic oxidation sites excluding steroid dienone is 5. The van der Waals surface area contributed by atoms with Crippen molar-refractivity contribution in [3.05, 3.63) is 34.1 Å². The highest BCUT2D eigenvalue weighted by molar-refractivity contribution is 6.08. The molecule has 1 unspecified atom stereocenters. The first-order valence-corrected chi connectivity index (χ1v) is 8.98. The van der Waals surface area contributed by atoms with Crippen LogP contribution in [-0.2, 0) is 9.53 Å². The Bertz CT molecular complexity index is 592. The average Bonchev–Trinajstić information content (AvgIpc) is 2.42.